The Bertz CT molecular complexity index is 706. The van der Waals surface area contributed by atoms with E-state index in [1.807, 2.05) is 36.4 Å². The van der Waals surface area contributed by atoms with Gasteiger partial charge in [-0.25, -0.2) is 4.98 Å². The molecule has 0 aliphatic heterocycles. The first kappa shape index (κ1) is 13.1. The van der Waals surface area contributed by atoms with Crippen molar-refractivity contribution in [2.45, 2.75) is 25.3 Å². The van der Waals surface area contributed by atoms with Crippen molar-refractivity contribution < 1.29 is 0 Å². The minimum Gasteiger partial charge on any atom is -0.326 e. The van der Waals surface area contributed by atoms with Crippen LogP contribution in [-0.4, -0.2) is 14.5 Å². The number of imidazole rings is 1. The van der Waals surface area contributed by atoms with Crippen LogP contribution < -0.4 is 0 Å². The average molecular weight is 286 g/mol. The van der Waals surface area contributed by atoms with Gasteiger partial charge in [0.2, 0.25) is 0 Å². The SMILES string of the molecule is CCCn1c(C(Cl)c2ccccc2)nc2cnccc21. The predicted octanol–water partition coefficient (Wildman–Crippen LogP) is 4.17. The summed E-state index contributed by atoms with van der Waals surface area (Å²) in [6, 6.07) is 12.1. The number of benzene rings is 1. The zero-order valence-electron chi connectivity index (χ0n) is 11.3. The number of aryl methyl sites for hydroxylation is 1. The van der Waals surface area contributed by atoms with Gasteiger partial charge in [0.25, 0.3) is 0 Å². The van der Waals surface area contributed by atoms with Crippen molar-refractivity contribution in [1.29, 1.82) is 0 Å². The minimum absolute atomic E-state index is 0.241. The number of rotatable bonds is 4. The molecular weight excluding hydrogens is 270 g/mol. The molecule has 0 aliphatic carbocycles. The number of halogens is 1. The normalized spacial score (nSPS) is 12.7. The second-order valence-corrected chi connectivity index (χ2v) is 5.20. The molecule has 0 amide bonds. The van der Waals surface area contributed by atoms with E-state index in [-0.39, 0.29) is 5.38 Å². The Hall–Kier alpha value is -1.87. The molecule has 1 unspecified atom stereocenters. The first-order valence-corrected chi connectivity index (χ1v) is 7.24. The van der Waals surface area contributed by atoms with Gasteiger partial charge >= 0.3 is 0 Å². The molecule has 0 radical (unpaired) electrons. The number of nitrogens with zero attached hydrogens (tertiary/aromatic N) is 3. The van der Waals surface area contributed by atoms with E-state index in [9.17, 15) is 0 Å². The van der Waals surface area contributed by atoms with Crippen LogP contribution in [0.15, 0.2) is 48.8 Å². The van der Waals surface area contributed by atoms with E-state index in [0.29, 0.717) is 0 Å². The molecule has 2 aromatic heterocycles. The minimum atomic E-state index is -0.241. The molecule has 2 heterocycles. The van der Waals surface area contributed by atoms with Gasteiger partial charge in [-0.1, -0.05) is 37.3 Å². The van der Waals surface area contributed by atoms with Crippen LogP contribution in [0.3, 0.4) is 0 Å². The summed E-state index contributed by atoms with van der Waals surface area (Å²) < 4.78 is 2.20. The number of hydrogen-bond acceptors (Lipinski definition) is 2. The lowest BCUT2D eigenvalue weighted by Gasteiger charge is -2.12. The quantitative estimate of drug-likeness (QED) is 0.674. The monoisotopic (exact) mass is 285 g/mol. The van der Waals surface area contributed by atoms with Crippen molar-refractivity contribution in [3.63, 3.8) is 0 Å². The second-order valence-electron chi connectivity index (χ2n) is 4.76. The molecule has 0 bridgehead atoms. The predicted molar refractivity (Wildman–Crippen MR) is 82.0 cm³/mol. The van der Waals surface area contributed by atoms with Gasteiger partial charge in [0, 0.05) is 12.7 Å². The first-order chi connectivity index (χ1) is 9.81. The van der Waals surface area contributed by atoms with E-state index in [1.165, 1.54) is 0 Å². The molecule has 0 N–H and O–H groups in total. The van der Waals surface area contributed by atoms with Gasteiger partial charge in [0.1, 0.15) is 16.7 Å². The summed E-state index contributed by atoms with van der Waals surface area (Å²) >= 11 is 6.64. The fourth-order valence-corrected chi connectivity index (χ4v) is 2.74. The van der Waals surface area contributed by atoms with Crippen molar-refractivity contribution in [2.75, 3.05) is 0 Å². The standard InChI is InChI=1S/C16H16ClN3/c1-2-10-20-14-8-9-18-11-13(14)19-16(20)15(17)12-6-4-3-5-7-12/h3-9,11,15H,2,10H2,1H3. The molecule has 20 heavy (non-hydrogen) atoms. The lowest BCUT2D eigenvalue weighted by molar-refractivity contribution is 0.660. The van der Waals surface area contributed by atoms with Crippen LogP contribution in [0.5, 0.6) is 0 Å². The average Bonchev–Trinajstić information content (AvgIpc) is 2.87. The van der Waals surface area contributed by atoms with Crippen molar-refractivity contribution in [3.8, 4) is 0 Å². The maximum absolute atomic E-state index is 6.64. The second kappa shape index (κ2) is 5.63. The van der Waals surface area contributed by atoms with Crippen LogP contribution in [-0.2, 0) is 6.54 Å². The number of aromatic nitrogens is 3. The van der Waals surface area contributed by atoms with Crippen LogP contribution in [0.4, 0.5) is 0 Å². The zero-order chi connectivity index (χ0) is 13.9. The summed E-state index contributed by atoms with van der Waals surface area (Å²) in [4.78, 5) is 8.82. The van der Waals surface area contributed by atoms with Crippen LogP contribution in [0.2, 0.25) is 0 Å². The summed E-state index contributed by atoms with van der Waals surface area (Å²) in [7, 11) is 0. The van der Waals surface area contributed by atoms with Gasteiger partial charge in [-0.05, 0) is 18.1 Å². The zero-order valence-corrected chi connectivity index (χ0v) is 12.1. The molecule has 0 saturated carbocycles. The number of hydrogen-bond donors (Lipinski definition) is 0. The number of alkyl halides is 1. The fraction of sp³-hybridized carbons (Fsp3) is 0.250. The summed E-state index contributed by atoms with van der Waals surface area (Å²) in [5.41, 5.74) is 3.06. The molecule has 0 aliphatic rings. The molecule has 0 spiro atoms. The van der Waals surface area contributed by atoms with Gasteiger partial charge < -0.3 is 4.57 Å². The van der Waals surface area contributed by atoms with E-state index >= 15 is 0 Å². The largest absolute Gasteiger partial charge is 0.326 e. The molecule has 3 aromatic rings. The van der Waals surface area contributed by atoms with Crippen LogP contribution in [0.1, 0.15) is 30.1 Å². The molecular formula is C16H16ClN3. The molecule has 0 fully saturated rings. The summed E-state index contributed by atoms with van der Waals surface area (Å²) in [5, 5.41) is -0.241. The van der Waals surface area contributed by atoms with Gasteiger partial charge in [0.05, 0.1) is 11.7 Å². The Morgan fingerprint density at radius 2 is 2.00 bits per heavy atom. The van der Waals surface area contributed by atoms with Gasteiger partial charge in [0.15, 0.2) is 0 Å². The Morgan fingerprint density at radius 3 is 2.75 bits per heavy atom. The first-order valence-electron chi connectivity index (χ1n) is 6.80. The highest BCUT2D eigenvalue weighted by Gasteiger charge is 2.19. The van der Waals surface area contributed by atoms with Gasteiger partial charge in [-0.2, -0.15) is 0 Å². The van der Waals surface area contributed by atoms with Crippen molar-refractivity contribution in [1.82, 2.24) is 14.5 Å². The Balaban J connectivity index is 2.12. The topological polar surface area (TPSA) is 30.7 Å². The van der Waals surface area contributed by atoms with Crippen molar-refractivity contribution in [2.24, 2.45) is 0 Å². The molecule has 3 nitrogen and oxygen atoms in total. The lowest BCUT2D eigenvalue weighted by Crippen LogP contribution is -2.06. The smallest absolute Gasteiger partial charge is 0.132 e. The Morgan fingerprint density at radius 1 is 1.20 bits per heavy atom. The number of pyridine rings is 1. The third-order valence-electron chi connectivity index (χ3n) is 3.35. The maximum atomic E-state index is 6.64. The maximum Gasteiger partial charge on any atom is 0.132 e. The Kier molecular flexibility index (Phi) is 3.70. The van der Waals surface area contributed by atoms with Gasteiger partial charge in [-0.3, -0.25) is 4.98 Å². The third-order valence-corrected chi connectivity index (χ3v) is 3.79. The van der Waals surface area contributed by atoms with E-state index < -0.39 is 0 Å². The molecule has 0 saturated heterocycles. The highest BCUT2D eigenvalue weighted by atomic mass is 35.5. The molecule has 102 valence electrons. The highest BCUT2D eigenvalue weighted by molar-refractivity contribution is 6.22. The molecule has 3 rings (SSSR count). The lowest BCUT2D eigenvalue weighted by atomic mass is 10.1. The van der Waals surface area contributed by atoms with E-state index in [0.717, 1.165) is 35.4 Å². The summed E-state index contributed by atoms with van der Waals surface area (Å²) in [6.07, 6.45) is 4.63. The van der Waals surface area contributed by atoms with Crippen LogP contribution in [0, 0.1) is 0 Å². The highest BCUT2D eigenvalue weighted by Crippen LogP contribution is 2.30. The van der Waals surface area contributed by atoms with E-state index in [4.69, 9.17) is 11.6 Å². The van der Waals surface area contributed by atoms with Crippen LogP contribution >= 0.6 is 11.6 Å². The van der Waals surface area contributed by atoms with Gasteiger partial charge in [-0.15, -0.1) is 11.6 Å². The third kappa shape index (κ3) is 2.29. The summed E-state index contributed by atoms with van der Waals surface area (Å²) in [6.45, 7) is 3.06. The van der Waals surface area contributed by atoms with Crippen molar-refractivity contribution in [3.05, 3.63) is 60.2 Å². The molecule has 4 heteroatoms. The van der Waals surface area contributed by atoms with Crippen molar-refractivity contribution >= 4 is 22.6 Å². The fourth-order valence-electron chi connectivity index (χ4n) is 2.42. The number of fused-ring (bicyclic) bond motifs is 1. The molecule has 1 atom stereocenters. The molecule has 1 aromatic carbocycles. The summed E-state index contributed by atoms with van der Waals surface area (Å²) in [5.74, 6) is 0.891. The van der Waals surface area contributed by atoms with E-state index in [1.54, 1.807) is 12.4 Å². The Labute approximate surface area is 123 Å². The van der Waals surface area contributed by atoms with Crippen LogP contribution in [0.25, 0.3) is 11.0 Å². The van der Waals surface area contributed by atoms with E-state index in [2.05, 4.69) is 21.5 Å².